The molecule has 0 saturated carbocycles. The van der Waals surface area contributed by atoms with Crippen molar-refractivity contribution in [3.05, 3.63) is 17.5 Å². The normalized spacial score (nSPS) is 9.80. The molecule has 1 heterocycles. The molecule has 5 nitrogen and oxygen atoms in total. The number of methoxy groups -OCH3 is 1. The Labute approximate surface area is 87.4 Å². The lowest BCUT2D eigenvalue weighted by molar-refractivity contribution is 0.0523. The summed E-state index contributed by atoms with van der Waals surface area (Å²) in [7, 11) is 1.40. The van der Waals surface area contributed by atoms with Crippen LogP contribution in [0, 0.1) is 0 Å². The SMILES string of the molecule is CCOC(=O)c1c[nH]c(C(C)=O)c1OC. The van der Waals surface area contributed by atoms with E-state index in [0.717, 1.165) is 0 Å². The molecule has 1 N–H and O–H groups in total. The Morgan fingerprint density at radius 3 is 2.60 bits per heavy atom. The molecule has 1 rings (SSSR count). The average Bonchev–Trinajstić information content (AvgIpc) is 2.61. The first kappa shape index (κ1) is 11.3. The van der Waals surface area contributed by atoms with Gasteiger partial charge in [0.25, 0.3) is 0 Å². The lowest BCUT2D eigenvalue weighted by Gasteiger charge is -2.03. The molecule has 82 valence electrons. The molecule has 0 aliphatic rings. The topological polar surface area (TPSA) is 68.4 Å². The van der Waals surface area contributed by atoms with Crippen molar-refractivity contribution in [2.75, 3.05) is 13.7 Å². The van der Waals surface area contributed by atoms with E-state index >= 15 is 0 Å². The second-order valence-corrected chi connectivity index (χ2v) is 2.89. The number of H-pyrrole nitrogens is 1. The largest absolute Gasteiger partial charge is 0.493 e. The zero-order chi connectivity index (χ0) is 11.4. The van der Waals surface area contributed by atoms with Gasteiger partial charge in [0.05, 0.1) is 13.7 Å². The molecule has 0 aliphatic carbocycles. The van der Waals surface area contributed by atoms with E-state index < -0.39 is 5.97 Å². The number of nitrogens with one attached hydrogen (secondary N) is 1. The Morgan fingerprint density at radius 2 is 2.13 bits per heavy atom. The molecule has 0 amide bonds. The molecule has 0 saturated heterocycles. The minimum absolute atomic E-state index is 0.192. The number of carbonyl (C=O) groups excluding carboxylic acids is 2. The first-order valence-electron chi connectivity index (χ1n) is 4.55. The van der Waals surface area contributed by atoms with Crippen molar-refractivity contribution in [2.24, 2.45) is 0 Å². The average molecular weight is 211 g/mol. The summed E-state index contributed by atoms with van der Waals surface area (Å²) in [5.74, 6) is -0.457. The molecular weight excluding hydrogens is 198 g/mol. The molecule has 0 fully saturated rings. The summed E-state index contributed by atoms with van der Waals surface area (Å²) in [6.07, 6.45) is 1.41. The van der Waals surface area contributed by atoms with Gasteiger partial charge < -0.3 is 14.5 Å². The van der Waals surface area contributed by atoms with E-state index in [2.05, 4.69) is 4.98 Å². The van der Waals surface area contributed by atoms with Crippen molar-refractivity contribution in [3.8, 4) is 5.75 Å². The van der Waals surface area contributed by atoms with E-state index in [1.807, 2.05) is 0 Å². The van der Waals surface area contributed by atoms with Gasteiger partial charge in [-0.15, -0.1) is 0 Å². The van der Waals surface area contributed by atoms with E-state index in [-0.39, 0.29) is 29.4 Å². The third-order valence-electron chi connectivity index (χ3n) is 1.88. The summed E-state index contributed by atoms with van der Waals surface area (Å²) in [4.78, 5) is 25.3. The molecule has 1 aromatic rings. The number of rotatable bonds is 4. The Bertz CT molecular complexity index is 381. The standard InChI is InChI=1S/C10H13NO4/c1-4-15-10(13)7-5-11-8(6(2)12)9(7)14-3/h5,11H,4H2,1-3H3. The van der Waals surface area contributed by atoms with Crippen molar-refractivity contribution in [2.45, 2.75) is 13.8 Å². The number of aromatic amines is 1. The van der Waals surface area contributed by atoms with Crippen LogP contribution in [0.25, 0.3) is 0 Å². The van der Waals surface area contributed by atoms with Gasteiger partial charge in [-0.05, 0) is 6.92 Å². The number of ether oxygens (including phenoxy) is 2. The van der Waals surface area contributed by atoms with E-state index in [0.29, 0.717) is 0 Å². The molecule has 0 atom stereocenters. The maximum absolute atomic E-state index is 11.4. The van der Waals surface area contributed by atoms with E-state index in [1.165, 1.54) is 20.2 Å². The van der Waals surface area contributed by atoms with Crippen LogP contribution >= 0.6 is 0 Å². The minimum atomic E-state index is -0.502. The predicted octanol–water partition coefficient (Wildman–Crippen LogP) is 1.40. The van der Waals surface area contributed by atoms with E-state index in [4.69, 9.17) is 9.47 Å². The van der Waals surface area contributed by atoms with Crippen LogP contribution < -0.4 is 4.74 Å². The van der Waals surface area contributed by atoms with Crippen LogP contribution in [0.2, 0.25) is 0 Å². The van der Waals surface area contributed by atoms with E-state index in [1.54, 1.807) is 6.92 Å². The van der Waals surface area contributed by atoms with Crippen LogP contribution in [0.15, 0.2) is 6.20 Å². The molecule has 0 radical (unpaired) electrons. The lowest BCUT2D eigenvalue weighted by Crippen LogP contribution is -2.05. The van der Waals surface area contributed by atoms with Gasteiger partial charge >= 0.3 is 5.97 Å². The quantitative estimate of drug-likeness (QED) is 0.603. The third kappa shape index (κ3) is 2.18. The van der Waals surface area contributed by atoms with Gasteiger partial charge in [-0.2, -0.15) is 0 Å². The molecule has 0 unspecified atom stereocenters. The Balaban J connectivity index is 3.09. The molecular formula is C10H13NO4. The fraction of sp³-hybridized carbons (Fsp3) is 0.400. The highest BCUT2D eigenvalue weighted by molar-refractivity contribution is 6.01. The molecule has 0 aromatic carbocycles. The van der Waals surface area contributed by atoms with Gasteiger partial charge in [-0.3, -0.25) is 4.79 Å². The van der Waals surface area contributed by atoms with Crippen molar-refractivity contribution in [1.82, 2.24) is 4.98 Å². The maximum atomic E-state index is 11.4. The van der Waals surface area contributed by atoms with Crippen LogP contribution in [0.5, 0.6) is 5.75 Å². The minimum Gasteiger partial charge on any atom is -0.493 e. The zero-order valence-electron chi connectivity index (χ0n) is 8.92. The Morgan fingerprint density at radius 1 is 1.47 bits per heavy atom. The maximum Gasteiger partial charge on any atom is 0.343 e. The number of ketones is 1. The molecule has 15 heavy (non-hydrogen) atoms. The van der Waals surface area contributed by atoms with Crippen molar-refractivity contribution in [1.29, 1.82) is 0 Å². The molecule has 0 spiro atoms. The highest BCUT2D eigenvalue weighted by Gasteiger charge is 2.21. The highest BCUT2D eigenvalue weighted by atomic mass is 16.5. The number of carbonyl (C=O) groups is 2. The zero-order valence-corrected chi connectivity index (χ0v) is 8.92. The smallest absolute Gasteiger partial charge is 0.343 e. The van der Waals surface area contributed by atoms with Crippen LogP contribution in [0.4, 0.5) is 0 Å². The summed E-state index contributed by atoms with van der Waals surface area (Å²) in [5, 5.41) is 0. The lowest BCUT2D eigenvalue weighted by atomic mass is 10.2. The summed E-state index contributed by atoms with van der Waals surface area (Å²) in [5.41, 5.74) is 0.519. The Kier molecular flexibility index (Phi) is 3.49. The summed E-state index contributed by atoms with van der Waals surface area (Å²) in [6, 6.07) is 0. The van der Waals surface area contributed by atoms with Gasteiger partial charge in [0, 0.05) is 13.1 Å². The summed E-state index contributed by atoms with van der Waals surface area (Å²) >= 11 is 0. The monoisotopic (exact) mass is 211 g/mol. The van der Waals surface area contributed by atoms with Gasteiger partial charge in [0.1, 0.15) is 11.3 Å². The molecule has 5 heteroatoms. The summed E-state index contributed by atoms with van der Waals surface area (Å²) in [6.45, 7) is 3.38. The van der Waals surface area contributed by atoms with Crippen molar-refractivity contribution in [3.63, 3.8) is 0 Å². The van der Waals surface area contributed by atoms with Crippen molar-refractivity contribution < 1.29 is 19.1 Å². The first-order valence-corrected chi connectivity index (χ1v) is 4.55. The number of Topliss-reactive ketones (excluding diaryl/α,β-unsaturated/α-hetero) is 1. The van der Waals surface area contributed by atoms with Crippen LogP contribution in [0.3, 0.4) is 0 Å². The van der Waals surface area contributed by atoms with Gasteiger partial charge in [0.2, 0.25) is 0 Å². The number of hydrogen-bond acceptors (Lipinski definition) is 4. The second kappa shape index (κ2) is 4.63. The molecule has 0 bridgehead atoms. The summed E-state index contributed by atoms with van der Waals surface area (Å²) < 4.78 is 9.81. The van der Waals surface area contributed by atoms with E-state index in [9.17, 15) is 9.59 Å². The third-order valence-corrected chi connectivity index (χ3v) is 1.88. The molecule has 0 aliphatic heterocycles. The number of hydrogen-bond donors (Lipinski definition) is 1. The number of esters is 1. The van der Waals surface area contributed by atoms with Gasteiger partial charge in [-0.25, -0.2) is 4.79 Å². The Hall–Kier alpha value is -1.78. The second-order valence-electron chi connectivity index (χ2n) is 2.89. The fourth-order valence-corrected chi connectivity index (χ4v) is 1.24. The van der Waals surface area contributed by atoms with Crippen LogP contribution in [-0.4, -0.2) is 30.5 Å². The van der Waals surface area contributed by atoms with Gasteiger partial charge in [0.15, 0.2) is 11.5 Å². The first-order chi connectivity index (χ1) is 7.11. The predicted molar refractivity (Wildman–Crippen MR) is 53.3 cm³/mol. The van der Waals surface area contributed by atoms with Crippen LogP contribution in [-0.2, 0) is 4.74 Å². The fourth-order valence-electron chi connectivity index (χ4n) is 1.24. The molecule has 1 aromatic heterocycles. The van der Waals surface area contributed by atoms with Crippen LogP contribution in [0.1, 0.15) is 34.7 Å². The number of aromatic nitrogens is 1. The van der Waals surface area contributed by atoms with Gasteiger partial charge in [-0.1, -0.05) is 0 Å². The van der Waals surface area contributed by atoms with Crippen molar-refractivity contribution >= 4 is 11.8 Å². The highest BCUT2D eigenvalue weighted by Crippen LogP contribution is 2.24.